The van der Waals surface area contributed by atoms with Gasteiger partial charge in [-0.2, -0.15) is 0 Å². The Kier molecular flexibility index (Phi) is 6.00. The number of aliphatic carboxylic acids is 1. The molecule has 1 aliphatic heterocycles. The van der Waals surface area contributed by atoms with Gasteiger partial charge in [0.2, 0.25) is 0 Å². The first kappa shape index (κ1) is 18.2. The summed E-state index contributed by atoms with van der Waals surface area (Å²) in [6, 6.07) is 6.60. The lowest BCUT2D eigenvalue weighted by Gasteiger charge is -2.27. The number of carboxylic acid groups (broad SMARTS) is 1. The molecule has 1 heterocycles. The molecule has 0 radical (unpaired) electrons. The van der Waals surface area contributed by atoms with E-state index in [9.17, 15) is 14.7 Å². The van der Waals surface area contributed by atoms with Gasteiger partial charge in [-0.1, -0.05) is 72.3 Å². The Labute approximate surface area is 153 Å². The fourth-order valence-corrected chi connectivity index (χ4v) is 4.05. The third-order valence-electron chi connectivity index (χ3n) is 3.68. The highest BCUT2D eigenvalue weighted by atomic mass is 79.9. The van der Waals surface area contributed by atoms with E-state index in [4.69, 9.17) is 12.2 Å². The van der Waals surface area contributed by atoms with Crippen LogP contribution in [0.2, 0.25) is 0 Å². The van der Waals surface area contributed by atoms with Gasteiger partial charge in [-0.15, -0.1) is 0 Å². The number of amides is 1. The normalized spacial score (nSPS) is 19.3. The van der Waals surface area contributed by atoms with Crippen LogP contribution in [-0.2, 0) is 9.59 Å². The van der Waals surface area contributed by atoms with E-state index >= 15 is 0 Å². The molecule has 1 aromatic rings. The number of halogens is 1. The van der Waals surface area contributed by atoms with Gasteiger partial charge in [0, 0.05) is 4.47 Å². The van der Waals surface area contributed by atoms with Crippen molar-refractivity contribution in [3.05, 3.63) is 39.2 Å². The van der Waals surface area contributed by atoms with Crippen molar-refractivity contribution < 1.29 is 14.7 Å². The van der Waals surface area contributed by atoms with Crippen LogP contribution in [0.3, 0.4) is 0 Å². The molecule has 2 unspecified atom stereocenters. The zero-order valence-corrected chi connectivity index (χ0v) is 15.9. The lowest BCUT2D eigenvalue weighted by atomic mass is 9.98. The molecule has 0 spiro atoms. The maximum atomic E-state index is 12.6. The first-order valence-corrected chi connectivity index (χ1v) is 9.12. The van der Waals surface area contributed by atoms with Crippen molar-refractivity contribution in [2.24, 2.45) is 5.92 Å². The smallest absolute Gasteiger partial charge is 0.327 e. The maximum Gasteiger partial charge on any atom is 0.327 e. The van der Waals surface area contributed by atoms with Gasteiger partial charge in [0.1, 0.15) is 10.4 Å². The summed E-state index contributed by atoms with van der Waals surface area (Å²) in [5.74, 6) is -1.55. The van der Waals surface area contributed by atoms with E-state index in [1.54, 1.807) is 6.08 Å². The fourth-order valence-electron chi connectivity index (χ4n) is 2.30. The summed E-state index contributed by atoms with van der Waals surface area (Å²) >= 11 is 9.79. The number of benzene rings is 1. The third-order valence-corrected chi connectivity index (χ3v) is 5.51. The first-order chi connectivity index (χ1) is 10.8. The Hall–Kier alpha value is -1.18. The van der Waals surface area contributed by atoms with Gasteiger partial charge < -0.3 is 5.11 Å². The Bertz CT molecular complexity index is 690. The molecular formula is C16H16BrNO3S2. The summed E-state index contributed by atoms with van der Waals surface area (Å²) in [4.78, 5) is 25.9. The van der Waals surface area contributed by atoms with Crippen molar-refractivity contribution >= 4 is 62.2 Å². The van der Waals surface area contributed by atoms with E-state index in [1.165, 1.54) is 4.90 Å². The van der Waals surface area contributed by atoms with Crippen LogP contribution in [0, 0.1) is 5.92 Å². The van der Waals surface area contributed by atoms with E-state index in [2.05, 4.69) is 15.9 Å². The van der Waals surface area contributed by atoms with Crippen LogP contribution in [0.1, 0.15) is 25.8 Å². The second-order valence-electron chi connectivity index (χ2n) is 5.28. The van der Waals surface area contributed by atoms with E-state index in [0.29, 0.717) is 15.6 Å². The Morgan fingerprint density at radius 2 is 2.22 bits per heavy atom. The molecule has 0 aliphatic carbocycles. The van der Waals surface area contributed by atoms with Crippen LogP contribution < -0.4 is 0 Å². The molecule has 2 rings (SSSR count). The molecule has 4 nitrogen and oxygen atoms in total. The highest BCUT2D eigenvalue weighted by Gasteiger charge is 2.42. The Balaban J connectivity index is 2.34. The van der Waals surface area contributed by atoms with E-state index < -0.39 is 12.0 Å². The topological polar surface area (TPSA) is 57.6 Å². The number of thiocarbonyl (C=S) groups is 1. The number of carboxylic acids is 1. The minimum atomic E-state index is -1.03. The predicted octanol–water partition coefficient (Wildman–Crippen LogP) is 4.15. The molecule has 0 bridgehead atoms. The van der Waals surface area contributed by atoms with Crippen molar-refractivity contribution in [3.8, 4) is 0 Å². The molecular weight excluding hydrogens is 398 g/mol. The molecule has 7 heteroatoms. The van der Waals surface area contributed by atoms with E-state index in [-0.39, 0.29) is 11.8 Å². The van der Waals surface area contributed by atoms with Crippen molar-refractivity contribution in [1.82, 2.24) is 4.90 Å². The average Bonchev–Trinajstić information content (AvgIpc) is 2.75. The minimum Gasteiger partial charge on any atom is -0.480 e. The predicted molar refractivity (Wildman–Crippen MR) is 100 cm³/mol. The van der Waals surface area contributed by atoms with Crippen molar-refractivity contribution in [2.45, 2.75) is 26.3 Å². The standard InChI is InChI=1S/C16H16BrNO3S2/c1-3-9(2)13(15(20)21)18-14(19)12(23-16(18)22)8-10-5-4-6-11(17)7-10/h4-9,13H,3H2,1-2H3,(H,20,21). The maximum absolute atomic E-state index is 12.6. The number of nitrogens with zero attached hydrogens (tertiary/aromatic N) is 1. The second-order valence-corrected chi connectivity index (χ2v) is 7.87. The van der Waals surface area contributed by atoms with Crippen LogP contribution in [-0.4, -0.2) is 32.2 Å². The molecule has 1 aliphatic rings. The quantitative estimate of drug-likeness (QED) is 0.580. The number of carbonyl (C=O) groups excluding carboxylic acids is 1. The SMILES string of the molecule is CCC(C)C(C(=O)O)N1C(=O)C(=Cc2cccc(Br)c2)SC1=S. The van der Waals surface area contributed by atoms with Gasteiger partial charge in [0.25, 0.3) is 5.91 Å². The monoisotopic (exact) mass is 413 g/mol. The Morgan fingerprint density at radius 1 is 1.52 bits per heavy atom. The zero-order chi connectivity index (χ0) is 17.1. The van der Waals surface area contributed by atoms with Crippen LogP contribution in [0.25, 0.3) is 6.08 Å². The van der Waals surface area contributed by atoms with E-state index in [0.717, 1.165) is 21.8 Å². The number of carbonyl (C=O) groups is 2. The van der Waals surface area contributed by atoms with Crippen molar-refractivity contribution in [1.29, 1.82) is 0 Å². The third kappa shape index (κ3) is 4.02. The van der Waals surface area contributed by atoms with Crippen LogP contribution in [0.5, 0.6) is 0 Å². The van der Waals surface area contributed by atoms with Crippen molar-refractivity contribution in [3.63, 3.8) is 0 Å². The van der Waals surface area contributed by atoms with Gasteiger partial charge in [-0.05, 0) is 29.7 Å². The van der Waals surface area contributed by atoms with Gasteiger partial charge >= 0.3 is 5.97 Å². The van der Waals surface area contributed by atoms with Crippen LogP contribution in [0.15, 0.2) is 33.6 Å². The summed E-state index contributed by atoms with van der Waals surface area (Å²) in [5.41, 5.74) is 0.857. The lowest BCUT2D eigenvalue weighted by Crippen LogP contribution is -2.47. The number of hydrogen-bond donors (Lipinski definition) is 1. The molecule has 2 atom stereocenters. The summed E-state index contributed by atoms with van der Waals surface area (Å²) < 4.78 is 1.20. The van der Waals surface area contributed by atoms with Gasteiger partial charge in [-0.25, -0.2) is 4.79 Å². The highest BCUT2D eigenvalue weighted by molar-refractivity contribution is 9.10. The average molecular weight is 414 g/mol. The van der Waals surface area contributed by atoms with Gasteiger partial charge in [-0.3, -0.25) is 9.69 Å². The summed E-state index contributed by atoms with van der Waals surface area (Å²) in [6.07, 6.45) is 2.39. The highest BCUT2D eigenvalue weighted by Crippen LogP contribution is 2.36. The molecule has 1 fully saturated rings. The zero-order valence-electron chi connectivity index (χ0n) is 12.7. The van der Waals surface area contributed by atoms with Gasteiger partial charge in [0.15, 0.2) is 0 Å². The summed E-state index contributed by atoms with van der Waals surface area (Å²) in [6.45, 7) is 3.71. The lowest BCUT2D eigenvalue weighted by molar-refractivity contribution is -0.147. The number of rotatable bonds is 5. The van der Waals surface area contributed by atoms with Crippen molar-refractivity contribution in [2.75, 3.05) is 0 Å². The first-order valence-electron chi connectivity index (χ1n) is 7.10. The summed E-state index contributed by atoms with van der Waals surface area (Å²) in [5, 5.41) is 9.49. The molecule has 1 saturated heterocycles. The van der Waals surface area contributed by atoms with Crippen LogP contribution in [0.4, 0.5) is 0 Å². The molecule has 0 saturated carbocycles. The summed E-state index contributed by atoms with van der Waals surface area (Å²) in [7, 11) is 0. The second kappa shape index (κ2) is 7.59. The van der Waals surface area contributed by atoms with E-state index in [1.807, 2.05) is 38.1 Å². The number of thioether (sulfide) groups is 1. The molecule has 1 amide bonds. The molecule has 122 valence electrons. The van der Waals surface area contributed by atoms with Gasteiger partial charge in [0.05, 0.1) is 4.91 Å². The molecule has 23 heavy (non-hydrogen) atoms. The molecule has 0 aromatic heterocycles. The fraction of sp³-hybridized carbons (Fsp3) is 0.312. The van der Waals surface area contributed by atoms with Crippen LogP contribution >= 0.6 is 39.9 Å². The Morgan fingerprint density at radius 3 is 2.78 bits per heavy atom. The number of hydrogen-bond acceptors (Lipinski definition) is 4. The minimum absolute atomic E-state index is 0.180. The molecule has 1 aromatic carbocycles. The largest absolute Gasteiger partial charge is 0.480 e. The molecule has 1 N–H and O–H groups in total.